The molecule has 0 atom stereocenters. The predicted octanol–water partition coefficient (Wildman–Crippen LogP) is 3.07. The Labute approximate surface area is 128 Å². The molecule has 1 aliphatic carbocycles. The van der Waals surface area contributed by atoms with Gasteiger partial charge in [0, 0.05) is 42.7 Å². The highest BCUT2D eigenvalue weighted by atomic mass is 32.1. The summed E-state index contributed by atoms with van der Waals surface area (Å²) in [6.45, 7) is 0.729. The smallest absolute Gasteiger partial charge is 0.205 e. The minimum Gasteiger partial charge on any atom is -0.497 e. The first-order valence-electron chi connectivity index (χ1n) is 6.97. The zero-order chi connectivity index (χ0) is 14.8. The van der Waals surface area contributed by atoms with Crippen LogP contribution in [0.15, 0.2) is 18.2 Å². The van der Waals surface area contributed by atoms with Crippen molar-refractivity contribution in [3.8, 4) is 11.5 Å². The van der Waals surface area contributed by atoms with Crippen LogP contribution in [0, 0.1) is 0 Å². The summed E-state index contributed by atoms with van der Waals surface area (Å²) >= 11 is 1.47. The molecule has 3 rings (SSSR count). The zero-order valence-electron chi connectivity index (χ0n) is 12.5. The molecule has 2 aromatic rings. The zero-order valence-corrected chi connectivity index (χ0v) is 13.3. The normalized spacial score (nSPS) is 14.0. The number of hydrogen-bond acceptors (Lipinski definition) is 6. The summed E-state index contributed by atoms with van der Waals surface area (Å²) in [4.78, 5) is 6.73. The molecule has 0 radical (unpaired) electrons. The Bertz CT molecular complexity index is 625. The van der Waals surface area contributed by atoms with E-state index in [1.807, 2.05) is 25.2 Å². The van der Waals surface area contributed by atoms with Crippen LogP contribution >= 0.6 is 11.5 Å². The first-order chi connectivity index (χ1) is 10.2. The van der Waals surface area contributed by atoms with E-state index in [1.165, 1.54) is 24.4 Å². The number of rotatable bonds is 6. The number of benzene rings is 1. The van der Waals surface area contributed by atoms with Crippen LogP contribution < -0.4 is 14.4 Å². The highest BCUT2D eigenvalue weighted by molar-refractivity contribution is 7.09. The topological polar surface area (TPSA) is 47.5 Å². The third kappa shape index (κ3) is 3.10. The number of nitrogens with zero attached hydrogens (tertiary/aromatic N) is 3. The summed E-state index contributed by atoms with van der Waals surface area (Å²) in [5.74, 6) is 3.22. The summed E-state index contributed by atoms with van der Waals surface area (Å²) in [7, 11) is 5.36. The fraction of sp³-hybridized carbons (Fsp3) is 0.467. The van der Waals surface area contributed by atoms with Crippen molar-refractivity contribution in [3.63, 3.8) is 0 Å². The Hall–Kier alpha value is -1.82. The monoisotopic (exact) mass is 305 g/mol. The average molecular weight is 305 g/mol. The molecule has 1 aromatic heterocycles. The molecule has 0 bridgehead atoms. The second-order valence-corrected chi connectivity index (χ2v) is 5.97. The molecule has 1 aliphatic rings. The first-order valence-corrected chi connectivity index (χ1v) is 7.74. The number of ether oxygens (including phenoxy) is 2. The van der Waals surface area contributed by atoms with E-state index in [4.69, 9.17) is 9.47 Å². The quantitative estimate of drug-likeness (QED) is 0.821. The van der Waals surface area contributed by atoms with Crippen LogP contribution in [0.25, 0.3) is 0 Å². The fourth-order valence-electron chi connectivity index (χ4n) is 2.19. The molecule has 0 amide bonds. The van der Waals surface area contributed by atoms with E-state index in [1.54, 1.807) is 14.2 Å². The molecular weight excluding hydrogens is 286 g/mol. The van der Waals surface area contributed by atoms with Crippen LogP contribution in [0.1, 0.15) is 30.1 Å². The van der Waals surface area contributed by atoms with E-state index in [2.05, 4.69) is 14.3 Å². The minimum atomic E-state index is 0.596. The van der Waals surface area contributed by atoms with Crippen molar-refractivity contribution >= 4 is 16.7 Å². The predicted molar refractivity (Wildman–Crippen MR) is 83.5 cm³/mol. The summed E-state index contributed by atoms with van der Waals surface area (Å²) in [6.07, 6.45) is 2.46. The maximum atomic E-state index is 5.44. The molecule has 6 heteroatoms. The van der Waals surface area contributed by atoms with Gasteiger partial charge in [0.1, 0.15) is 17.3 Å². The first kappa shape index (κ1) is 14.1. The maximum Gasteiger partial charge on any atom is 0.205 e. The number of anilines is 1. The van der Waals surface area contributed by atoms with Crippen LogP contribution in [-0.2, 0) is 6.54 Å². The van der Waals surface area contributed by atoms with Crippen molar-refractivity contribution in [2.75, 3.05) is 26.2 Å². The van der Waals surface area contributed by atoms with Gasteiger partial charge < -0.3 is 14.4 Å². The van der Waals surface area contributed by atoms with Crippen LogP contribution in [0.2, 0.25) is 0 Å². The Morgan fingerprint density at radius 1 is 1.29 bits per heavy atom. The van der Waals surface area contributed by atoms with E-state index >= 15 is 0 Å². The molecule has 0 saturated heterocycles. The van der Waals surface area contributed by atoms with Gasteiger partial charge in [-0.25, -0.2) is 4.98 Å². The van der Waals surface area contributed by atoms with E-state index < -0.39 is 0 Å². The van der Waals surface area contributed by atoms with Gasteiger partial charge in [0.25, 0.3) is 0 Å². The molecule has 1 aromatic carbocycles. The second kappa shape index (κ2) is 5.89. The van der Waals surface area contributed by atoms with E-state index in [9.17, 15) is 0 Å². The molecular formula is C15H19N3O2S. The van der Waals surface area contributed by atoms with Gasteiger partial charge in [-0.3, -0.25) is 0 Å². The molecule has 112 valence electrons. The van der Waals surface area contributed by atoms with Gasteiger partial charge in [-0.1, -0.05) is 0 Å². The molecule has 0 spiro atoms. The lowest BCUT2D eigenvalue weighted by Gasteiger charge is -2.17. The summed E-state index contributed by atoms with van der Waals surface area (Å²) in [5.41, 5.74) is 1.10. The van der Waals surface area contributed by atoms with Gasteiger partial charge in [-0.05, 0) is 25.0 Å². The molecule has 0 unspecified atom stereocenters. The summed E-state index contributed by atoms with van der Waals surface area (Å²) in [5, 5.41) is 0.953. The number of hydrogen-bond donors (Lipinski definition) is 0. The van der Waals surface area contributed by atoms with Gasteiger partial charge in [-0.2, -0.15) is 4.37 Å². The Morgan fingerprint density at radius 3 is 2.76 bits per heavy atom. The fourth-order valence-corrected chi connectivity index (χ4v) is 2.90. The van der Waals surface area contributed by atoms with Gasteiger partial charge >= 0.3 is 0 Å². The largest absolute Gasteiger partial charge is 0.497 e. The van der Waals surface area contributed by atoms with Crippen LogP contribution in [0.5, 0.6) is 11.5 Å². The van der Waals surface area contributed by atoms with Gasteiger partial charge in [-0.15, -0.1) is 0 Å². The lowest BCUT2D eigenvalue weighted by atomic mass is 10.2. The Morgan fingerprint density at radius 2 is 2.10 bits per heavy atom. The van der Waals surface area contributed by atoms with Crippen LogP contribution in [-0.4, -0.2) is 30.6 Å². The van der Waals surface area contributed by atoms with Gasteiger partial charge in [0.05, 0.1) is 14.2 Å². The average Bonchev–Trinajstić information content (AvgIpc) is 3.24. The van der Waals surface area contributed by atoms with E-state index in [0.717, 1.165) is 34.6 Å². The second-order valence-electron chi connectivity index (χ2n) is 5.24. The molecule has 1 fully saturated rings. The Kier molecular flexibility index (Phi) is 3.96. The van der Waals surface area contributed by atoms with E-state index in [-0.39, 0.29) is 0 Å². The highest BCUT2D eigenvalue weighted by Gasteiger charge is 2.28. The lowest BCUT2D eigenvalue weighted by molar-refractivity contribution is 0.391. The molecule has 1 heterocycles. The minimum absolute atomic E-state index is 0.596. The van der Waals surface area contributed by atoms with Crippen molar-refractivity contribution in [2.24, 2.45) is 0 Å². The van der Waals surface area contributed by atoms with Crippen molar-refractivity contribution in [1.82, 2.24) is 9.36 Å². The Balaban J connectivity index is 1.75. The molecule has 0 aliphatic heterocycles. The SMILES string of the molecule is COc1ccc(CN(C)c2nc(C3CC3)ns2)c(OC)c1. The standard InChI is InChI=1S/C15H19N3O2S/c1-18(15-16-14(17-21-15)10-4-5-10)9-11-6-7-12(19-2)8-13(11)20-3/h6-8,10H,4-5,9H2,1-3H3. The van der Waals surface area contributed by atoms with Crippen molar-refractivity contribution in [2.45, 2.75) is 25.3 Å². The van der Waals surface area contributed by atoms with Crippen molar-refractivity contribution in [3.05, 3.63) is 29.6 Å². The number of methoxy groups -OCH3 is 2. The lowest BCUT2D eigenvalue weighted by Crippen LogP contribution is -2.16. The molecule has 21 heavy (non-hydrogen) atoms. The highest BCUT2D eigenvalue weighted by Crippen LogP contribution is 2.39. The summed E-state index contributed by atoms with van der Waals surface area (Å²) in [6, 6.07) is 5.87. The number of aromatic nitrogens is 2. The van der Waals surface area contributed by atoms with Crippen LogP contribution in [0.4, 0.5) is 5.13 Å². The molecule has 1 saturated carbocycles. The van der Waals surface area contributed by atoms with Gasteiger partial charge in [0.2, 0.25) is 5.13 Å². The van der Waals surface area contributed by atoms with E-state index in [0.29, 0.717) is 5.92 Å². The third-order valence-electron chi connectivity index (χ3n) is 3.60. The molecule has 5 nitrogen and oxygen atoms in total. The maximum absolute atomic E-state index is 5.44. The summed E-state index contributed by atoms with van der Waals surface area (Å²) < 4.78 is 15.1. The van der Waals surface area contributed by atoms with Crippen molar-refractivity contribution in [1.29, 1.82) is 0 Å². The van der Waals surface area contributed by atoms with Crippen LogP contribution in [0.3, 0.4) is 0 Å². The molecule has 0 N–H and O–H groups in total. The van der Waals surface area contributed by atoms with Gasteiger partial charge in [0.15, 0.2) is 0 Å². The van der Waals surface area contributed by atoms with Crippen molar-refractivity contribution < 1.29 is 9.47 Å². The third-order valence-corrected chi connectivity index (χ3v) is 4.45.